The van der Waals surface area contributed by atoms with E-state index in [0.29, 0.717) is 16.0 Å². The second-order valence-corrected chi connectivity index (χ2v) is 7.81. The molecule has 2 rings (SSSR count). The van der Waals surface area contributed by atoms with Gasteiger partial charge in [-0.05, 0) is 74.7 Å². The number of aryl methyl sites for hydroxylation is 1. The molecular weight excluding hydrogens is 536 g/mol. The summed E-state index contributed by atoms with van der Waals surface area (Å²) in [5, 5.41) is 0. The quantitative estimate of drug-likeness (QED) is 0.535. The lowest BCUT2D eigenvalue weighted by molar-refractivity contribution is -0.131. The smallest absolute Gasteiger partial charge is 0.276 e. The zero-order valence-electron chi connectivity index (χ0n) is 13.6. The number of nitrogens with one attached hydrogen (secondary N) is 2. The van der Waals surface area contributed by atoms with E-state index in [-0.39, 0.29) is 13.2 Å². The summed E-state index contributed by atoms with van der Waals surface area (Å²) in [5.74, 6) is 0.0723. The van der Waals surface area contributed by atoms with Crippen LogP contribution in [0.3, 0.4) is 0 Å². The first kappa shape index (κ1) is 20.7. The number of benzene rings is 2. The summed E-state index contributed by atoms with van der Waals surface area (Å²) in [6.45, 7) is 1.47. The van der Waals surface area contributed by atoms with Crippen molar-refractivity contribution < 1.29 is 19.1 Å². The van der Waals surface area contributed by atoms with Crippen molar-refractivity contribution in [1.82, 2.24) is 10.9 Å². The molecule has 0 saturated heterocycles. The van der Waals surface area contributed by atoms with Gasteiger partial charge in [-0.1, -0.05) is 22.0 Å². The molecule has 0 aliphatic rings. The highest BCUT2D eigenvalue weighted by molar-refractivity contribution is 9.11. The van der Waals surface area contributed by atoms with Gasteiger partial charge in [0.1, 0.15) is 11.5 Å². The first-order chi connectivity index (χ1) is 12.3. The Hall–Kier alpha value is -1.58. The number of hydrogen-bond donors (Lipinski definition) is 2. The molecule has 2 N–H and O–H groups in total. The molecule has 0 saturated carbocycles. The Kier molecular flexibility index (Phi) is 7.92. The maximum Gasteiger partial charge on any atom is 0.276 e. The minimum absolute atomic E-state index is 0.235. The molecule has 0 bridgehead atoms. The second-order valence-electron chi connectivity index (χ2n) is 5.18. The first-order valence-electron chi connectivity index (χ1n) is 7.39. The van der Waals surface area contributed by atoms with Crippen molar-refractivity contribution >= 4 is 59.6 Å². The van der Waals surface area contributed by atoms with Gasteiger partial charge in [-0.15, -0.1) is 0 Å². The third kappa shape index (κ3) is 6.62. The van der Waals surface area contributed by atoms with Crippen molar-refractivity contribution in [2.75, 3.05) is 13.2 Å². The Labute approximate surface area is 176 Å². The molecule has 0 unspecified atom stereocenters. The molecule has 138 valence electrons. The number of hydrazine groups is 1. The van der Waals surface area contributed by atoms with Crippen molar-refractivity contribution in [1.29, 1.82) is 0 Å². The molecule has 0 heterocycles. The second kappa shape index (κ2) is 9.94. The van der Waals surface area contributed by atoms with Crippen LogP contribution in [-0.2, 0) is 9.59 Å². The zero-order valence-corrected chi connectivity index (χ0v) is 18.4. The van der Waals surface area contributed by atoms with E-state index in [0.717, 1.165) is 14.5 Å². The van der Waals surface area contributed by atoms with E-state index >= 15 is 0 Å². The van der Waals surface area contributed by atoms with Crippen molar-refractivity contribution in [2.24, 2.45) is 0 Å². The standard InChI is InChI=1S/C17H15Br3N2O4/c1-10-2-4-14(12(19)6-10)25-8-16(23)21-22-17(24)9-26-15-5-3-11(18)7-13(15)20/h2-7H,8-9H2,1H3,(H,21,23)(H,22,24). The van der Waals surface area contributed by atoms with Gasteiger partial charge in [-0.3, -0.25) is 20.4 Å². The predicted molar refractivity (Wildman–Crippen MR) is 108 cm³/mol. The lowest BCUT2D eigenvalue weighted by atomic mass is 10.2. The van der Waals surface area contributed by atoms with Crippen molar-refractivity contribution in [3.8, 4) is 11.5 Å². The molecule has 0 aliphatic carbocycles. The van der Waals surface area contributed by atoms with Gasteiger partial charge in [-0.25, -0.2) is 0 Å². The summed E-state index contributed by atoms with van der Waals surface area (Å²) in [7, 11) is 0. The van der Waals surface area contributed by atoms with Crippen LogP contribution in [0.1, 0.15) is 5.56 Å². The summed E-state index contributed by atoms with van der Waals surface area (Å²) >= 11 is 10.0. The maximum absolute atomic E-state index is 11.7. The van der Waals surface area contributed by atoms with Crippen LogP contribution in [0.4, 0.5) is 0 Å². The Bertz CT molecular complexity index is 747. The zero-order chi connectivity index (χ0) is 19.1. The monoisotopic (exact) mass is 548 g/mol. The van der Waals surface area contributed by atoms with Crippen LogP contribution in [0.15, 0.2) is 49.8 Å². The summed E-state index contributed by atoms with van der Waals surface area (Å²) in [6, 6.07) is 10.8. The molecular formula is C17H15Br3N2O4. The molecule has 2 aromatic rings. The van der Waals surface area contributed by atoms with E-state index < -0.39 is 11.8 Å². The number of carbonyl (C=O) groups is 2. The molecule has 9 heteroatoms. The van der Waals surface area contributed by atoms with Crippen LogP contribution in [0.5, 0.6) is 11.5 Å². The van der Waals surface area contributed by atoms with E-state index in [1.807, 2.05) is 19.1 Å². The average Bonchev–Trinajstić information content (AvgIpc) is 2.58. The molecule has 26 heavy (non-hydrogen) atoms. The highest BCUT2D eigenvalue weighted by atomic mass is 79.9. The van der Waals surface area contributed by atoms with Gasteiger partial charge in [0.15, 0.2) is 13.2 Å². The highest BCUT2D eigenvalue weighted by Crippen LogP contribution is 2.28. The highest BCUT2D eigenvalue weighted by Gasteiger charge is 2.09. The number of hydrogen-bond acceptors (Lipinski definition) is 4. The normalized spacial score (nSPS) is 10.2. The molecule has 0 fully saturated rings. The topological polar surface area (TPSA) is 76.7 Å². The summed E-state index contributed by atoms with van der Waals surface area (Å²) in [6.07, 6.45) is 0. The van der Waals surface area contributed by atoms with E-state index in [4.69, 9.17) is 9.47 Å². The predicted octanol–water partition coefficient (Wildman–Crippen LogP) is 3.89. The lowest BCUT2D eigenvalue weighted by Crippen LogP contribution is -2.45. The minimum Gasteiger partial charge on any atom is -0.483 e. The SMILES string of the molecule is Cc1ccc(OCC(=O)NNC(=O)COc2ccc(Br)cc2Br)c(Br)c1. The van der Waals surface area contributed by atoms with Gasteiger partial charge in [-0.2, -0.15) is 0 Å². The maximum atomic E-state index is 11.7. The summed E-state index contributed by atoms with van der Waals surface area (Å²) in [5.41, 5.74) is 5.60. The van der Waals surface area contributed by atoms with Crippen molar-refractivity contribution in [2.45, 2.75) is 6.92 Å². The van der Waals surface area contributed by atoms with Crippen molar-refractivity contribution in [3.63, 3.8) is 0 Å². The van der Waals surface area contributed by atoms with Gasteiger partial charge >= 0.3 is 0 Å². The number of ether oxygens (including phenoxy) is 2. The third-order valence-corrected chi connectivity index (χ3v) is 4.77. The third-order valence-electron chi connectivity index (χ3n) is 3.04. The van der Waals surface area contributed by atoms with Gasteiger partial charge in [0.25, 0.3) is 11.8 Å². The minimum atomic E-state index is -0.496. The van der Waals surface area contributed by atoms with Crippen LogP contribution in [0.2, 0.25) is 0 Å². The number of amides is 2. The van der Waals surface area contributed by atoms with E-state index in [9.17, 15) is 9.59 Å². The van der Waals surface area contributed by atoms with Crippen LogP contribution in [0, 0.1) is 6.92 Å². The van der Waals surface area contributed by atoms with Gasteiger partial charge in [0, 0.05) is 4.47 Å². The van der Waals surface area contributed by atoms with Gasteiger partial charge in [0.2, 0.25) is 0 Å². The average molecular weight is 551 g/mol. The van der Waals surface area contributed by atoms with Crippen LogP contribution in [-0.4, -0.2) is 25.0 Å². The summed E-state index contributed by atoms with van der Waals surface area (Å²) < 4.78 is 13.1. The fraction of sp³-hybridized carbons (Fsp3) is 0.176. The van der Waals surface area contributed by atoms with Crippen LogP contribution < -0.4 is 20.3 Å². The lowest BCUT2D eigenvalue weighted by Gasteiger charge is -2.11. The molecule has 0 aliphatic heterocycles. The fourth-order valence-electron chi connectivity index (χ4n) is 1.81. The molecule has 0 aromatic heterocycles. The van der Waals surface area contributed by atoms with Gasteiger partial charge < -0.3 is 9.47 Å². The van der Waals surface area contributed by atoms with E-state index in [2.05, 4.69) is 58.6 Å². The summed E-state index contributed by atoms with van der Waals surface area (Å²) in [4.78, 5) is 23.5. The Balaban J connectivity index is 1.72. The molecule has 6 nitrogen and oxygen atoms in total. The van der Waals surface area contributed by atoms with Crippen molar-refractivity contribution in [3.05, 3.63) is 55.4 Å². The van der Waals surface area contributed by atoms with Crippen LogP contribution >= 0.6 is 47.8 Å². The molecule has 0 atom stereocenters. The first-order valence-corrected chi connectivity index (χ1v) is 9.77. The van der Waals surface area contributed by atoms with E-state index in [1.54, 1.807) is 24.3 Å². The Morgan fingerprint density at radius 3 is 1.85 bits per heavy atom. The Morgan fingerprint density at radius 1 is 0.846 bits per heavy atom. The Morgan fingerprint density at radius 2 is 1.35 bits per heavy atom. The largest absolute Gasteiger partial charge is 0.483 e. The molecule has 2 amide bonds. The number of halogens is 3. The number of carbonyl (C=O) groups excluding carboxylic acids is 2. The molecule has 0 spiro atoms. The van der Waals surface area contributed by atoms with E-state index in [1.165, 1.54) is 0 Å². The van der Waals surface area contributed by atoms with Crippen LogP contribution in [0.25, 0.3) is 0 Å². The molecule has 2 aromatic carbocycles. The number of rotatable bonds is 6. The van der Waals surface area contributed by atoms with Gasteiger partial charge in [0.05, 0.1) is 8.95 Å². The fourth-order valence-corrected chi connectivity index (χ4v) is 3.58. The molecule has 0 radical (unpaired) electrons.